The summed E-state index contributed by atoms with van der Waals surface area (Å²) in [7, 11) is 1.72. The van der Waals surface area contributed by atoms with Crippen LogP contribution in [0.15, 0.2) is 48.3 Å². The Labute approximate surface area is 99.2 Å². The lowest BCUT2D eigenvalue weighted by Crippen LogP contribution is -2.09. The van der Waals surface area contributed by atoms with Gasteiger partial charge in [0, 0.05) is 0 Å². The molecule has 0 amide bonds. The summed E-state index contributed by atoms with van der Waals surface area (Å²) in [5.41, 5.74) is 2.69. The largest absolute Gasteiger partial charge is 0.504 e. The number of hydrogen-bond donors (Lipinski definition) is 0. The maximum atomic E-state index is 5.05. The second kappa shape index (κ2) is 7.10. The van der Waals surface area contributed by atoms with Crippen LogP contribution in [0.3, 0.4) is 0 Å². The average molecular weight is 218 g/mol. The smallest absolute Gasteiger partial charge is 0.0816 e. The highest BCUT2D eigenvalue weighted by Crippen LogP contribution is 2.32. The molecule has 1 fully saturated rings. The van der Waals surface area contributed by atoms with Gasteiger partial charge in [-0.1, -0.05) is 36.5 Å². The van der Waals surface area contributed by atoms with Crippen LogP contribution in [0, 0.1) is 5.92 Å². The molecule has 0 radical (unpaired) electrons. The fraction of sp³-hybridized carbons (Fsp3) is 0.467. The Kier molecular flexibility index (Phi) is 5.69. The predicted molar refractivity (Wildman–Crippen MR) is 70.1 cm³/mol. The minimum atomic E-state index is 0.649. The standard InChI is InChI=1S/C15H22O/c1-4-5-6-7-13(2)15-10-8-14(9-11-15)12-16-3/h4-7,12,15H,2,8-11H2,1,3H3/b5-4-,7-6-,14-12?. The highest BCUT2D eigenvalue weighted by molar-refractivity contribution is 5.23. The number of rotatable bonds is 4. The van der Waals surface area contributed by atoms with Gasteiger partial charge in [0.05, 0.1) is 13.4 Å². The van der Waals surface area contributed by atoms with Gasteiger partial charge in [0.1, 0.15) is 0 Å². The quantitative estimate of drug-likeness (QED) is 0.502. The molecule has 0 aliphatic heterocycles. The van der Waals surface area contributed by atoms with Crippen molar-refractivity contribution in [3.05, 3.63) is 48.3 Å². The number of methoxy groups -OCH3 is 1. The monoisotopic (exact) mass is 218 g/mol. The van der Waals surface area contributed by atoms with Crippen molar-refractivity contribution in [2.45, 2.75) is 32.6 Å². The van der Waals surface area contributed by atoms with Crippen molar-refractivity contribution in [2.75, 3.05) is 7.11 Å². The van der Waals surface area contributed by atoms with E-state index in [2.05, 4.69) is 18.7 Å². The highest BCUT2D eigenvalue weighted by Gasteiger charge is 2.17. The van der Waals surface area contributed by atoms with E-state index in [-0.39, 0.29) is 0 Å². The molecule has 0 N–H and O–H groups in total. The molecule has 0 unspecified atom stereocenters. The lowest BCUT2D eigenvalue weighted by Gasteiger charge is -2.24. The molecule has 0 heterocycles. The molecule has 0 spiro atoms. The Morgan fingerprint density at radius 3 is 2.56 bits per heavy atom. The van der Waals surface area contributed by atoms with Crippen LogP contribution in [0.2, 0.25) is 0 Å². The fourth-order valence-corrected chi connectivity index (χ4v) is 2.07. The van der Waals surface area contributed by atoms with Crippen molar-refractivity contribution in [2.24, 2.45) is 5.92 Å². The second-order valence-electron chi connectivity index (χ2n) is 4.25. The summed E-state index contributed by atoms with van der Waals surface area (Å²) in [4.78, 5) is 0. The Morgan fingerprint density at radius 1 is 1.31 bits per heavy atom. The fourth-order valence-electron chi connectivity index (χ4n) is 2.07. The van der Waals surface area contributed by atoms with E-state index < -0.39 is 0 Å². The first-order valence-corrected chi connectivity index (χ1v) is 5.96. The minimum Gasteiger partial charge on any atom is -0.504 e. The van der Waals surface area contributed by atoms with E-state index in [0.717, 1.165) is 12.8 Å². The van der Waals surface area contributed by atoms with Gasteiger partial charge in [0.25, 0.3) is 0 Å². The molecule has 1 aliphatic carbocycles. The molecule has 1 saturated carbocycles. The van der Waals surface area contributed by atoms with E-state index in [4.69, 9.17) is 4.74 Å². The van der Waals surface area contributed by atoms with Crippen molar-refractivity contribution in [1.29, 1.82) is 0 Å². The summed E-state index contributed by atoms with van der Waals surface area (Å²) in [5, 5.41) is 0. The van der Waals surface area contributed by atoms with Crippen LogP contribution in [0.1, 0.15) is 32.6 Å². The van der Waals surface area contributed by atoms with Gasteiger partial charge >= 0.3 is 0 Å². The zero-order valence-electron chi connectivity index (χ0n) is 10.4. The zero-order valence-corrected chi connectivity index (χ0v) is 10.4. The maximum absolute atomic E-state index is 5.05. The van der Waals surface area contributed by atoms with Gasteiger partial charge in [-0.05, 0) is 44.1 Å². The summed E-state index contributed by atoms with van der Waals surface area (Å²) < 4.78 is 5.05. The van der Waals surface area contributed by atoms with Crippen LogP contribution in [0.5, 0.6) is 0 Å². The van der Waals surface area contributed by atoms with E-state index in [1.807, 2.05) is 25.3 Å². The topological polar surface area (TPSA) is 9.23 Å². The summed E-state index contributed by atoms with van der Waals surface area (Å²) >= 11 is 0. The summed E-state index contributed by atoms with van der Waals surface area (Å²) in [6.45, 7) is 6.17. The van der Waals surface area contributed by atoms with Crippen LogP contribution < -0.4 is 0 Å². The van der Waals surface area contributed by atoms with E-state index in [9.17, 15) is 0 Å². The number of allylic oxidation sites excluding steroid dienone is 6. The second-order valence-corrected chi connectivity index (χ2v) is 4.25. The summed E-state index contributed by atoms with van der Waals surface area (Å²) in [6.07, 6.45) is 14.9. The van der Waals surface area contributed by atoms with Crippen molar-refractivity contribution in [1.82, 2.24) is 0 Å². The molecule has 0 aromatic carbocycles. The van der Waals surface area contributed by atoms with Gasteiger partial charge < -0.3 is 4.74 Å². The Morgan fingerprint density at radius 2 is 2.00 bits per heavy atom. The molecule has 1 heteroatoms. The molecule has 0 bridgehead atoms. The molecule has 1 nitrogen and oxygen atoms in total. The van der Waals surface area contributed by atoms with Gasteiger partial charge in [0.2, 0.25) is 0 Å². The third-order valence-corrected chi connectivity index (χ3v) is 3.05. The van der Waals surface area contributed by atoms with Crippen LogP contribution in [0.25, 0.3) is 0 Å². The van der Waals surface area contributed by atoms with Gasteiger partial charge in [-0.25, -0.2) is 0 Å². The molecule has 0 aromatic heterocycles. The Bertz CT molecular complexity index is 297. The van der Waals surface area contributed by atoms with E-state index >= 15 is 0 Å². The molecule has 1 aliphatic rings. The molecule has 0 saturated heterocycles. The number of hydrogen-bond acceptors (Lipinski definition) is 1. The predicted octanol–water partition coefficient (Wildman–Crippen LogP) is 4.40. The van der Waals surface area contributed by atoms with Gasteiger partial charge in [-0.3, -0.25) is 0 Å². The van der Waals surface area contributed by atoms with Crippen LogP contribution in [-0.2, 0) is 4.74 Å². The van der Waals surface area contributed by atoms with Crippen LogP contribution >= 0.6 is 0 Å². The van der Waals surface area contributed by atoms with E-state index in [1.165, 1.54) is 24.0 Å². The van der Waals surface area contributed by atoms with Crippen molar-refractivity contribution in [3.8, 4) is 0 Å². The Hall–Kier alpha value is -1.24. The molecule has 0 aromatic rings. The first kappa shape index (κ1) is 12.8. The van der Waals surface area contributed by atoms with Gasteiger partial charge in [-0.2, -0.15) is 0 Å². The maximum Gasteiger partial charge on any atom is 0.0816 e. The molecular weight excluding hydrogens is 196 g/mol. The first-order chi connectivity index (χ1) is 7.77. The SMILES string of the molecule is C=C(/C=C\C=C/C)C1CCC(=COC)CC1. The van der Waals surface area contributed by atoms with Gasteiger partial charge in [-0.15, -0.1) is 0 Å². The summed E-state index contributed by atoms with van der Waals surface area (Å²) in [6, 6.07) is 0. The molecular formula is C15H22O. The van der Waals surface area contributed by atoms with Crippen molar-refractivity contribution in [3.63, 3.8) is 0 Å². The molecule has 1 rings (SSSR count). The first-order valence-electron chi connectivity index (χ1n) is 5.96. The highest BCUT2D eigenvalue weighted by atomic mass is 16.5. The average Bonchev–Trinajstić information content (AvgIpc) is 2.30. The van der Waals surface area contributed by atoms with E-state index in [1.54, 1.807) is 7.11 Å². The minimum absolute atomic E-state index is 0.649. The van der Waals surface area contributed by atoms with Crippen LogP contribution in [0.4, 0.5) is 0 Å². The zero-order chi connectivity index (χ0) is 11.8. The third-order valence-electron chi connectivity index (χ3n) is 3.05. The number of ether oxygens (including phenoxy) is 1. The van der Waals surface area contributed by atoms with Gasteiger partial charge in [0.15, 0.2) is 0 Å². The van der Waals surface area contributed by atoms with Crippen molar-refractivity contribution >= 4 is 0 Å². The Balaban J connectivity index is 2.41. The van der Waals surface area contributed by atoms with E-state index in [0.29, 0.717) is 5.92 Å². The molecule has 0 atom stereocenters. The summed E-state index contributed by atoms with van der Waals surface area (Å²) in [5.74, 6) is 0.649. The molecule has 16 heavy (non-hydrogen) atoms. The normalized spacial score (nSPS) is 21.6. The lowest BCUT2D eigenvalue weighted by molar-refractivity contribution is 0.324. The lowest BCUT2D eigenvalue weighted by atomic mass is 9.82. The third kappa shape index (κ3) is 4.09. The van der Waals surface area contributed by atoms with Crippen LogP contribution in [-0.4, -0.2) is 7.11 Å². The molecule has 88 valence electrons. The van der Waals surface area contributed by atoms with Crippen molar-refractivity contribution < 1.29 is 4.74 Å².